The van der Waals surface area contributed by atoms with Crippen LogP contribution in [0.4, 0.5) is 13.2 Å². The third-order valence-corrected chi connectivity index (χ3v) is 4.96. The van der Waals surface area contributed by atoms with Crippen LogP contribution in [0.3, 0.4) is 0 Å². The van der Waals surface area contributed by atoms with E-state index in [0.717, 1.165) is 25.0 Å². The molecule has 142 valence electrons. The molecule has 2 heterocycles. The molecule has 2 atom stereocenters. The first-order chi connectivity index (χ1) is 12.2. The molecule has 0 radical (unpaired) electrons. The van der Waals surface area contributed by atoms with Crippen LogP contribution in [-0.2, 0) is 22.3 Å². The summed E-state index contributed by atoms with van der Waals surface area (Å²) in [7, 11) is 0. The van der Waals surface area contributed by atoms with Crippen molar-refractivity contribution < 1.29 is 22.8 Å². The predicted molar refractivity (Wildman–Crippen MR) is 88.8 cm³/mol. The SMILES string of the molecule is NC1CCCN(C(=O)C2CC(=O)N(Cc3cccc(C(F)(F)F)c3)C2)C1. The first-order valence-corrected chi connectivity index (χ1v) is 8.72. The van der Waals surface area contributed by atoms with Gasteiger partial charge in [0.05, 0.1) is 11.5 Å². The second-order valence-corrected chi connectivity index (χ2v) is 7.06. The molecule has 5 nitrogen and oxygen atoms in total. The van der Waals surface area contributed by atoms with E-state index in [4.69, 9.17) is 5.73 Å². The van der Waals surface area contributed by atoms with E-state index >= 15 is 0 Å². The third kappa shape index (κ3) is 4.17. The van der Waals surface area contributed by atoms with Gasteiger partial charge in [0, 0.05) is 38.6 Å². The number of nitrogens with two attached hydrogens (primary N) is 1. The summed E-state index contributed by atoms with van der Waals surface area (Å²) in [5.74, 6) is -0.735. The van der Waals surface area contributed by atoms with Gasteiger partial charge in [-0.25, -0.2) is 0 Å². The van der Waals surface area contributed by atoms with Crippen molar-refractivity contribution in [2.45, 2.75) is 38.0 Å². The number of benzene rings is 1. The van der Waals surface area contributed by atoms with Gasteiger partial charge in [0.2, 0.25) is 11.8 Å². The van der Waals surface area contributed by atoms with Crippen LogP contribution in [0.1, 0.15) is 30.4 Å². The highest BCUT2D eigenvalue weighted by Gasteiger charge is 2.37. The fourth-order valence-corrected chi connectivity index (χ4v) is 3.63. The third-order valence-electron chi connectivity index (χ3n) is 4.96. The summed E-state index contributed by atoms with van der Waals surface area (Å²) < 4.78 is 38.5. The molecular formula is C18H22F3N3O2. The van der Waals surface area contributed by atoms with Crippen molar-refractivity contribution in [1.82, 2.24) is 9.80 Å². The first-order valence-electron chi connectivity index (χ1n) is 8.72. The maximum Gasteiger partial charge on any atom is 0.416 e. The molecule has 0 aromatic heterocycles. The van der Waals surface area contributed by atoms with E-state index in [0.29, 0.717) is 18.7 Å². The highest BCUT2D eigenvalue weighted by atomic mass is 19.4. The Bertz CT molecular complexity index is 693. The van der Waals surface area contributed by atoms with Gasteiger partial charge < -0.3 is 15.5 Å². The summed E-state index contributed by atoms with van der Waals surface area (Å²) in [5.41, 5.74) is 5.57. The second-order valence-electron chi connectivity index (χ2n) is 7.06. The van der Waals surface area contributed by atoms with Crippen LogP contribution >= 0.6 is 0 Å². The highest BCUT2D eigenvalue weighted by molar-refractivity contribution is 5.89. The van der Waals surface area contributed by atoms with E-state index in [1.165, 1.54) is 11.0 Å². The van der Waals surface area contributed by atoms with Gasteiger partial charge in [-0.15, -0.1) is 0 Å². The number of piperidine rings is 1. The monoisotopic (exact) mass is 369 g/mol. The van der Waals surface area contributed by atoms with E-state index in [1.54, 1.807) is 11.0 Å². The molecule has 2 saturated heterocycles. The molecule has 2 N–H and O–H groups in total. The zero-order chi connectivity index (χ0) is 18.9. The molecule has 26 heavy (non-hydrogen) atoms. The van der Waals surface area contributed by atoms with Crippen molar-refractivity contribution >= 4 is 11.8 Å². The van der Waals surface area contributed by atoms with E-state index in [-0.39, 0.29) is 37.4 Å². The maximum atomic E-state index is 12.8. The molecule has 3 rings (SSSR count). The number of rotatable bonds is 3. The summed E-state index contributed by atoms with van der Waals surface area (Å²) in [6.07, 6.45) is -2.59. The Morgan fingerprint density at radius 2 is 2.04 bits per heavy atom. The minimum Gasteiger partial charge on any atom is -0.341 e. The van der Waals surface area contributed by atoms with Gasteiger partial charge in [0.1, 0.15) is 0 Å². The van der Waals surface area contributed by atoms with E-state index < -0.39 is 17.7 Å². The van der Waals surface area contributed by atoms with Crippen LogP contribution in [0, 0.1) is 5.92 Å². The van der Waals surface area contributed by atoms with Gasteiger partial charge in [0.25, 0.3) is 0 Å². The van der Waals surface area contributed by atoms with Crippen LogP contribution in [0.15, 0.2) is 24.3 Å². The number of alkyl halides is 3. The fourth-order valence-electron chi connectivity index (χ4n) is 3.63. The van der Waals surface area contributed by atoms with Crippen molar-refractivity contribution in [3.63, 3.8) is 0 Å². The summed E-state index contributed by atoms with van der Waals surface area (Å²) in [5, 5.41) is 0. The van der Waals surface area contributed by atoms with E-state index in [9.17, 15) is 22.8 Å². The topological polar surface area (TPSA) is 66.6 Å². The highest BCUT2D eigenvalue weighted by Crippen LogP contribution is 2.30. The van der Waals surface area contributed by atoms with Gasteiger partial charge in [-0.3, -0.25) is 9.59 Å². The zero-order valence-corrected chi connectivity index (χ0v) is 14.3. The largest absolute Gasteiger partial charge is 0.416 e. The molecule has 0 spiro atoms. The number of hydrogen-bond donors (Lipinski definition) is 1. The summed E-state index contributed by atoms with van der Waals surface area (Å²) in [6, 6.07) is 4.90. The van der Waals surface area contributed by atoms with Gasteiger partial charge >= 0.3 is 6.18 Å². The Hall–Kier alpha value is -2.09. The quantitative estimate of drug-likeness (QED) is 0.886. The smallest absolute Gasteiger partial charge is 0.341 e. The van der Waals surface area contributed by atoms with Gasteiger partial charge in [-0.1, -0.05) is 12.1 Å². The molecule has 2 fully saturated rings. The number of amides is 2. The molecule has 2 amide bonds. The Morgan fingerprint density at radius 3 is 2.73 bits per heavy atom. The van der Waals surface area contributed by atoms with Crippen LogP contribution in [0.2, 0.25) is 0 Å². The lowest BCUT2D eigenvalue weighted by Gasteiger charge is -2.32. The molecule has 2 unspecified atom stereocenters. The number of nitrogens with zero attached hydrogens (tertiary/aromatic N) is 2. The molecule has 0 aliphatic carbocycles. The van der Waals surface area contributed by atoms with E-state index in [1.807, 2.05) is 0 Å². The Balaban J connectivity index is 1.64. The summed E-state index contributed by atoms with van der Waals surface area (Å²) >= 11 is 0. The van der Waals surface area contributed by atoms with Crippen molar-refractivity contribution in [1.29, 1.82) is 0 Å². The fraction of sp³-hybridized carbons (Fsp3) is 0.556. The minimum absolute atomic E-state index is 0.0361. The number of carbonyl (C=O) groups is 2. The Kier molecular flexibility index (Phi) is 5.22. The minimum atomic E-state index is -4.42. The van der Waals surface area contributed by atoms with Gasteiger partial charge in [-0.2, -0.15) is 13.2 Å². The molecule has 2 aliphatic rings. The average Bonchev–Trinajstić information content (AvgIpc) is 2.94. The van der Waals surface area contributed by atoms with Gasteiger partial charge in [-0.05, 0) is 30.5 Å². The lowest BCUT2D eigenvalue weighted by atomic mass is 10.0. The van der Waals surface area contributed by atoms with Crippen LogP contribution < -0.4 is 5.73 Å². The van der Waals surface area contributed by atoms with Crippen LogP contribution in [0.25, 0.3) is 0 Å². The van der Waals surface area contributed by atoms with E-state index in [2.05, 4.69) is 0 Å². The molecule has 0 saturated carbocycles. The zero-order valence-electron chi connectivity index (χ0n) is 14.3. The number of hydrogen-bond acceptors (Lipinski definition) is 3. The van der Waals surface area contributed by atoms with Crippen molar-refractivity contribution in [3.8, 4) is 0 Å². The second kappa shape index (κ2) is 7.26. The van der Waals surface area contributed by atoms with Crippen molar-refractivity contribution in [2.24, 2.45) is 11.7 Å². The predicted octanol–water partition coefficient (Wildman–Crippen LogP) is 2.00. The van der Waals surface area contributed by atoms with Crippen LogP contribution in [0.5, 0.6) is 0 Å². The molecule has 8 heteroatoms. The van der Waals surface area contributed by atoms with Crippen LogP contribution in [-0.4, -0.2) is 47.3 Å². The van der Waals surface area contributed by atoms with Crippen molar-refractivity contribution in [2.75, 3.05) is 19.6 Å². The average molecular weight is 369 g/mol. The number of halogens is 3. The normalized spacial score (nSPS) is 24.2. The summed E-state index contributed by atoms with van der Waals surface area (Å²) in [6.45, 7) is 1.45. The number of likely N-dealkylation sites (tertiary alicyclic amines) is 2. The van der Waals surface area contributed by atoms with Gasteiger partial charge in [0.15, 0.2) is 0 Å². The standard InChI is InChI=1S/C18H22F3N3O2/c19-18(20,21)14-4-1-3-12(7-14)9-24-10-13(8-16(24)25)17(26)23-6-2-5-15(22)11-23/h1,3-4,7,13,15H,2,5-6,8-11,22H2. The Labute approximate surface area is 149 Å². The molecular weight excluding hydrogens is 347 g/mol. The molecule has 1 aromatic rings. The Morgan fingerprint density at radius 1 is 1.27 bits per heavy atom. The molecule has 2 aliphatic heterocycles. The first kappa shape index (κ1) is 18.7. The lowest BCUT2D eigenvalue weighted by molar-refractivity contribution is -0.138. The number of carbonyl (C=O) groups excluding carboxylic acids is 2. The molecule has 0 bridgehead atoms. The van der Waals surface area contributed by atoms with Crippen molar-refractivity contribution in [3.05, 3.63) is 35.4 Å². The summed E-state index contributed by atoms with van der Waals surface area (Å²) in [4.78, 5) is 28.0. The lowest BCUT2D eigenvalue weighted by Crippen LogP contribution is -2.48. The maximum absolute atomic E-state index is 12.8. The molecule has 1 aromatic carbocycles.